The molecule has 1 saturated heterocycles. The smallest absolute Gasteiger partial charge is 0.338 e. The number of ether oxygens (including phenoxy) is 1. The van der Waals surface area contributed by atoms with Crippen LogP contribution in [0.15, 0.2) is 48.5 Å². The molecular formula is C23H24ClN3O4S. The number of anilines is 1. The number of thiocarbonyl (C=S) groups is 1. The van der Waals surface area contributed by atoms with Gasteiger partial charge in [0.05, 0.1) is 18.6 Å². The normalized spacial score (nSPS) is 15.8. The summed E-state index contributed by atoms with van der Waals surface area (Å²) in [4.78, 5) is 40.7. The lowest BCUT2D eigenvalue weighted by atomic mass is 10.1. The zero-order valence-electron chi connectivity index (χ0n) is 17.8. The first-order chi connectivity index (χ1) is 15.3. The van der Waals surface area contributed by atoms with E-state index in [-0.39, 0.29) is 24.8 Å². The van der Waals surface area contributed by atoms with Gasteiger partial charge in [-0.3, -0.25) is 14.5 Å². The molecule has 1 unspecified atom stereocenters. The Morgan fingerprint density at radius 2 is 1.75 bits per heavy atom. The van der Waals surface area contributed by atoms with Crippen molar-refractivity contribution in [3.8, 4) is 0 Å². The van der Waals surface area contributed by atoms with Crippen molar-refractivity contribution in [1.82, 2.24) is 9.80 Å². The van der Waals surface area contributed by atoms with Crippen molar-refractivity contribution in [3.63, 3.8) is 0 Å². The lowest BCUT2D eigenvalue weighted by Gasteiger charge is -2.24. The minimum Gasteiger partial charge on any atom is -0.462 e. The number of rotatable bonds is 8. The highest BCUT2D eigenvalue weighted by atomic mass is 35.5. The Hall–Kier alpha value is -2.97. The topological polar surface area (TPSA) is 78.9 Å². The van der Waals surface area contributed by atoms with Crippen LogP contribution in [0.2, 0.25) is 5.02 Å². The maximum absolute atomic E-state index is 12.9. The summed E-state index contributed by atoms with van der Waals surface area (Å²) in [5.41, 5.74) is 1.85. The summed E-state index contributed by atoms with van der Waals surface area (Å²) in [6.45, 7) is 4.69. The summed E-state index contributed by atoms with van der Waals surface area (Å²) >= 11 is 11.5. The predicted octanol–water partition coefficient (Wildman–Crippen LogP) is 3.86. The number of hydrogen-bond acceptors (Lipinski definition) is 5. The predicted molar refractivity (Wildman–Crippen MR) is 126 cm³/mol. The number of amides is 2. The molecule has 32 heavy (non-hydrogen) atoms. The van der Waals surface area contributed by atoms with Crippen LogP contribution in [0.5, 0.6) is 0 Å². The quantitative estimate of drug-likeness (QED) is 0.463. The summed E-state index contributed by atoms with van der Waals surface area (Å²) in [6, 6.07) is 13.0. The molecule has 1 fully saturated rings. The van der Waals surface area contributed by atoms with Crippen molar-refractivity contribution >= 4 is 52.4 Å². The van der Waals surface area contributed by atoms with E-state index in [0.29, 0.717) is 34.5 Å². The Morgan fingerprint density at radius 1 is 1.09 bits per heavy atom. The molecule has 2 amide bonds. The average Bonchev–Trinajstić information content (AvgIpc) is 2.99. The number of likely N-dealkylation sites (N-methyl/N-ethyl adjacent to an activating group) is 1. The number of benzene rings is 2. The van der Waals surface area contributed by atoms with Gasteiger partial charge in [-0.05, 0) is 68.0 Å². The van der Waals surface area contributed by atoms with Gasteiger partial charge in [0, 0.05) is 23.8 Å². The molecule has 3 rings (SSSR count). The summed E-state index contributed by atoms with van der Waals surface area (Å²) < 4.78 is 4.95. The van der Waals surface area contributed by atoms with Crippen molar-refractivity contribution in [1.29, 1.82) is 0 Å². The summed E-state index contributed by atoms with van der Waals surface area (Å²) in [5, 5.41) is 3.80. The highest BCUT2D eigenvalue weighted by Gasteiger charge is 2.42. The number of nitrogens with zero attached hydrogens (tertiary/aromatic N) is 2. The molecule has 0 saturated carbocycles. The van der Waals surface area contributed by atoms with Gasteiger partial charge in [-0.25, -0.2) is 4.79 Å². The van der Waals surface area contributed by atoms with E-state index in [1.165, 1.54) is 4.90 Å². The molecule has 9 heteroatoms. The second-order valence-corrected chi connectivity index (χ2v) is 7.99. The monoisotopic (exact) mass is 473 g/mol. The van der Waals surface area contributed by atoms with Crippen LogP contribution in [0.3, 0.4) is 0 Å². The van der Waals surface area contributed by atoms with Crippen molar-refractivity contribution in [2.75, 3.05) is 18.5 Å². The molecular weight excluding hydrogens is 450 g/mol. The first-order valence-electron chi connectivity index (χ1n) is 10.3. The number of carbonyl (C=O) groups excluding carboxylic acids is 3. The highest BCUT2D eigenvalue weighted by Crippen LogP contribution is 2.24. The first kappa shape index (κ1) is 23.7. The maximum Gasteiger partial charge on any atom is 0.338 e. The van der Waals surface area contributed by atoms with Crippen molar-refractivity contribution in [3.05, 3.63) is 64.7 Å². The van der Waals surface area contributed by atoms with Crippen LogP contribution >= 0.6 is 23.8 Å². The van der Waals surface area contributed by atoms with Crippen LogP contribution < -0.4 is 5.32 Å². The number of hydrogen-bond donors (Lipinski definition) is 1. The van der Waals surface area contributed by atoms with Gasteiger partial charge in [0.25, 0.3) is 5.91 Å². The van der Waals surface area contributed by atoms with E-state index >= 15 is 0 Å². The molecule has 1 N–H and O–H groups in total. The zero-order chi connectivity index (χ0) is 23.3. The van der Waals surface area contributed by atoms with Crippen LogP contribution in [-0.2, 0) is 20.9 Å². The van der Waals surface area contributed by atoms with E-state index in [4.69, 9.17) is 28.6 Å². The lowest BCUT2D eigenvalue weighted by molar-refractivity contribution is -0.130. The number of carbonyl (C=O) groups is 3. The van der Waals surface area contributed by atoms with Crippen LogP contribution in [0.25, 0.3) is 0 Å². The van der Waals surface area contributed by atoms with E-state index in [1.807, 2.05) is 19.1 Å². The minimum atomic E-state index is -0.697. The van der Waals surface area contributed by atoms with Crippen LogP contribution in [-0.4, -0.2) is 51.9 Å². The Bertz CT molecular complexity index is 1010. The van der Waals surface area contributed by atoms with E-state index < -0.39 is 12.0 Å². The van der Waals surface area contributed by atoms with Gasteiger partial charge in [0.15, 0.2) is 5.11 Å². The summed E-state index contributed by atoms with van der Waals surface area (Å²) in [6.07, 6.45) is -0.0529. The minimum absolute atomic E-state index is 0.0529. The Morgan fingerprint density at radius 3 is 2.34 bits per heavy atom. The third-order valence-corrected chi connectivity index (χ3v) is 5.75. The molecule has 0 aromatic heterocycles. The molecule has 2 aromatic rings. The zero-order valence-corrected chi connectivity index (χ0v) is 19.4. The van der Waals surface area contributed by atoms with E-state index in [0.717, 1.165) is 5.56 Å². The van der Waals surface area contributed by atoms with Crippen molar-refractivity contribution < 1.29 is 19.1 Å². The molecule has 0 radical (unpaired) electrons. The summed E-state index contributed by atoms with van der Waals surface area (Å²) in [5.74, 6) is -0.943. The fourth-order valence-electron chi connectivity index (χ4n) is 3.44. The SMILES string of the molecule is CCOC(=O)c1ccc(NC(=O)CC2C(=O)N(CC)C(=S)N2Cc2ccc(Cl)cc2)cc1. The largest absolute Gasteiger partial charge is 0.462 e. The van der Waals surface area contributed by atoms with Gasteiger partial charge in [-0.15, -0.1) is 0 Å². The first-order valence-corrected chi connectivity index (χ1v) is 11.1. The molecule has 7 nitrogen and oxygen atoms in total. The van der Waals surface area contributed by atoms with Crippen LogP contribution in [0.4, 0.5) is 5.69 Å². The molecule has 1 atom stereocenters. The standard InChI is InChI=1S/C23H24ClN3O4S/c1-3-26-21(29)19(27(23(26)32)14-15-5-9-17(24)10-6-15)13-20(28)25-18-11-7-16(8-12-18)22(30)31-4-2/h5-12,19H,3-4,13-14H2,1-2H3,(H,25,28). The lowest BCUT2D eigenvalue weighted by Crippen LogP contribution is -2.37. The van der Waals surface area contributed by atoms with E-state index in [9.17, 15) is 14.4 Å². The van der Waals surface area contributed by atoms with Gasteiger partial charge in [-0.2, -0.15) is 0 Å². The third kappa shape index (κ3) is 5.44. The third-order valence-electron chi connectivity index (χ3n) is 5.04. The highest BCUT2D eigenvalue weighted by molar-refractivity contribution is 7.80. The molecule has 1 aliphatic rings. The molecule has 0 bridgehead atoms. The fourth-order valence-corrected chi connectivity index (χ4v) is 3.98. The molecule has 168 valence electrons. The van der Waals surface area contributed by atoms with Crippen LogP contribution in [0, 0.1) is 0 Å². The van der Waals surface area contributed by atoms with Gasteiger partial charge in [0.2, 0.25) is 5.91 Å². The molecule has 0 aliphatic carbocycles. The molecule has 2 aromatic carbocycles. The van der Waals surface area contributed by atoms with E-state index in [2.05, 4.69) is 5.32 Å². The molecule has 0 spiro atoms. The number of halogens is 1. The average molecular weight is 474 g/mol. The van der Waals surface area contributed by atoms with Crippen molar-refractivity contribution in [2.45, 2.75) is 32.9 Å². The Kier molecular flexibility index (Phi) is 7.82. The Balaban J connectivity index is 1.70. The number of esters is 1. The van der Waals surface area contributed by atoms with Gasteiger partial charge >= 0.3 is 5.97 Å². The second-order valence-electron chi connectivity index (χ2n) is 7.19. The molecule has 1 heterocycles. The molecule has 1 aliphatic heterocycles. The van der Waals surface area contributed by atoms with Gasteiger partial charge in [-0.1, -0.05) is 23.7 Å². The van der Waals surface area contributed by atoms with E-state index in [1.54, 1.807) is 48.2 Å². The maximum atomic E-state index is 12.9. The second kappa shape index (κ2) is 10.6. The van der Waals surface area contributed by atoms with Gasteiger partial charge < -0.3 is 15.0 Å². The fraction of sp³-hybridized carbons (Fsp3) is 0.304. The Labute approximate surface area is 197 Å². The van der Waals surface area contributed by atoms with Crippen LogP contribution in [0.1, 0.15) is 36.2 Å². The van der Waals surface area contributed by atoms with Gasteiger partial charge in [0.1, 0.15) is 6.04 Å². The number of nitrogens with one attached hydrogen (secondary N) is 1. The summed E-state index contributed by atoms with van der Waals surface area (Å²) in [7, 11) is 0. The van der Waals surface area contributed by atoms with Crippen molar-refractivity contribution in [2.24, 2.45) is 0 Å².